The van der Waals surface area contributed by atoms with E-state index in [0.717, 1.165) is 24.7 Å². The molecule has 1 rings (SSSR count). The second-order valence-corrected chi connectivity index (χ2v) is 3.21. The second kappa shape index (κ2) is 6.19. The summed E-state index contributed by atoms with van der Waals surface area (Å²) in [4.78, 5) is 10.5. The predicted octanol–water partition coefficient (Wildman–Crippen LogP) is 0.991. The molecule has 0 fully saturated rings. The summed E-state index contributed by atoms with van der Waals surface area (Å²) in [7, 11) is 3.66. The monoisotopic (exact) mass is 210 g/mol. The van der Waals surface area contributed by atoms with Crippen LogP contribution in [0.15, 0.2) is 12.4 Å². The molecule has 0 aliphatic heterocycles. The van der Waals surface area contributed by atoms with Gasteiger partial charge in [-0.05, 0) is 6.92 Å². The van der Waals surface area contributed by atoms with E-state index in [4.69, 9.17) is 4.74 Å². The lowest BCUT2D eigenvalue weighted by Crippen LogP contribution is -2.23. The van der Waals surface area contributed by atoms with Crippen LogP contribution in [0, 0.1) is 0 Å². The molecule has 0 aromatic carbocycles. The molecule has 5 nitrogen and oxygen atoms in total. The average molecular weight is 210 g/mol. The van der Waals surface area contributed by atoms with E-state index in [1.54, 1.807) is 19.5 Å². The van der Waals surface area contributed by atoms with Crippen molar-refractivity contribution in [2.75, 3.05) is 44.1 Å². The van der Waals surface area contributed by atoms with Crippen LogP contribution < -0.4 is 10.2 Å². The predicted molar refractivity (Wildman–Crippen MR) is 61.3 cm³/mol. The first-order valence-corrected chi connectivity index (χ1v) is 5.04. The first-order chi connectivity index (χ1) is 7.27. The molecule has 5 heteroatoms. The fourth-order valence-corrected chi connectivity index (χ4v) is 1.15. The maximum absolute atomic E-state index is 5.01. The summed E-state index contributed by atoms with van der Waals surface area (Å²) in [5.41, 5.74) is 0. The summed E-state index contributed by atoms with van der Waals surface area (Å²) in [5, 5.41) is 3.13. The van der Waals surface area contributed by atoms with Crippen molar-refractivity contribution in [3.8, 4) is 0 Å². The number of anilines is 2. The molecule has 84 valence electrons. The van der Waals surface area contributed by atoms with Crippen molar-refractivity contribution >= 4 is 11.6 Å². The van der Waals surface area contributed by atoms with Gasteiger partial charge >= 0.3 is 0 Å². The zero-order chi connectivity index (χ0) is 11.1. The van der Waals surface area contributed by atoms with Crippen LogP contribution in [0.5, 0.6) is 0 Å². The maximum Gasteiger partial charge on any atom is 0.149 e. The number of rotatable bonds is 6. The van der Waals surface area contributed by atoms with Crippen LogP contribution in [0.25, 0.3) is 0 Å². The summed E-state index contributed by atoms with van der Waals surface area (Å²) in [6, 6.07) is 0. The highest BCUT2D eigenvalue weighted by Gasteiger charge is 2.03. The van der Waals surface area contributed by atoms with Crippen LogP contribution in [0.2, 0.25) is 0 Å². The Balaban J connectivity index is 2.62. The minimum atomic E-state index is 0.684. The number of methoxy groups -OCH3 is 1. The van der Waals surface area contributed by atoms with Gasteiger partial charge in [-0.3, -0.25) is 4.98 Å². The summed E-state index contributed by atoms with van der Waals surface area (Å²) < 4.78 is 5.01. The van der Waals surface area contributed by atoms with Gasteiger partial charge in [0.2, 0.25) is 0 Å². The smallest absolute Gasteiger partial charge is 0.149 e. The van der Waals surface area contributed by atoms with Crippen molar-refractivity contribution in [1.82, 2.24) is 9.97 Å². The number of nitrogens with zero attached hydrogens (tertiary/aromatic N) is 3. The van der Waals surface area contributed by atoms with Gasteiger partial charge in [-0.15, -0.1) is 0 Å². The Morgan fingerprint density at radius 3 is 2.93 bits per heavy atom. The van der Waals surface area contributed by atoms with E-state index in [0.29, 0.717) is 6.61 Å². The molecular formula is C10H18N4O. The Bertz CT molecular complexity index is 293. The van der Waals surface area contributed by atoms with Gasteiger partial charge in [-0.25, -0.2) is 4.98 Å². The van der Waals surface area contributed by atoms with Crippen molar-refractivity contribution in [2.45, 2.75) is 6.92 Å². The molecule has 1 N–H and O–H groups in total. The molecule has 0 radical (unpaired) electrons. The van der Waals surface area contributed by atoms with Crippen LogP contribution in [0.1, 0.15) is 6.92 Å². The third-order valence-electron chi connectivity index (χ3n) is 2.00. The highest BCUT2D eigenvalue weighted by Crippen LogP contribution is 2.09. The molecule has 0 aliphatic carbocycles. The van der Waals surface area contributed by atoms with Crippen LogP contribution in [0.3, 0.4) is 0 Å². The molecule has 0 atom stereocenters. The van der Waals surface area contributed by atoms with E-state index < -0.39 is 0 Å². The normalized spacial score (nSPS) is 10.1. The quantitative estimate of drug-likeness (QED) is 0.759. The summed E-state index contributed by atoms with van der Waals surface area (Å²) >= 11 is 0. The average Bonchev–Trinajstić information content (AvgIpc) is 2.27. The van der Waals surface area contributed by atoms with E-state index in [9.17, 15) is 0 Å². The van der Waals surface area contributed by atoms with Crippen LogP contribution in [-0.2, 0) is 4.74 Å². The SMILES string of the molecule is CCNc1cncc(N(C)CCOC)n1. The van der Waals surface area contributed by atoms with Crippen molar-refractivity contribution in [3.63, 3.8) is 0 Å². The first-order valence-electron chi connectivity index (χ1n) is 5.04. The Hall–Kier alpha value is -1.36. The molecule has 1 heterocycles. The van der Waals surface area contributed by atoms with Crippen molar-refractivity contribution in [3.05, 3.63) is 12.4 Å². The lowest BCUT2D eigenvalue weighted by atomic mass is 10.5. The van der Waals surface area contributed by atoms with Gasteiger partial charge in [0.25, 0.3) is 0 Å². The molecule has 0 spiro atoms. The van der Waals surface area contributed by atoms with Crippen molar-refractivity contribution < 1.29 is 4.74 Å². The van der Waals surface area contributed by atoms with Crippen molar-refractivity contribution in [2.24, 2.45) is 0 Å². The molecule has 0 amide bonds. The van der Waals surface area contributed by atoms with Gasteiger partial charge in [0.05, 0.1) is 19.0 Å². The van der Waals surface area contributed by atoms with E-state index in [2.05, 4.69) is 15.3 Å². The summed E-state index contributed by atoms with van der Waals surface area (Å²) in [5.74, 6) is 1.66. The molecule has 0 unspecified atom stereocenters. The van der Waals surface area contributed by atoms with Crippen molar-refractivity contribution in [1.29, 1.82) is 0 Å². The number of aromatic nitrogens is 2. The van der Waals surface area contributed by atoms with Gasteiger partial charge < -0.3 is 15.0 Å². The van der Waals surface area contributed by atoms with Crippen LogP contribution in [0.4, 0.5) is 11.6 Å². The van der Waals surface area contributed by atoms with E-state index in [-0.39, 0.29) is 0 Å². The fraction of sp³-hybridized carbons (Fsp3) is 0.600. The van der Waals surface area contributed by atoms with E-state index in [1.165, 1.54) is 0 Å². The number of hydrogen-bond donors (Lipinski definition) is 1. The molecule has 1 aromatic heterocycles. The summed E-state index contributed by atoms with van der Waals surface area (Å²) in [6.07, 6.45) is 3.47. The Kier molecular flexibility index (Phi) is 4.83. The third-order valence-corrected chi connectivity index (χ3v) is 2.00. The van der Waals surface area contributed by atoms with Gasteiger partial charge in [0, 0.05) is 27.2 Å². The third kappa shape index (κ3) is 3.71. The van der Waals surface area contributed by atoms with Crippen LogP contribution in [-0.4, -0.2) is 43.8 Å². The second-order valence-electron chi connectivity index (χ2n) is 3.21. The molecule has 15 heavy (non-hydrogen) atoms. The number of hydrogen-bond acceptors (Lipinski definition) is 5. The van der Waals surface area contributed by atoms with E-state index in [1.807, 2.05) is 18.9 Å². The van der Waals surface area contributed by atoms with Gasteiger partial charge in [-0.2, -0.15) is 0 Å². The van der Waals surface area contributed by atoms with Gasteiger partial charge in [0.1, 0.15) is 11.6 Å². The highest BCUT2D eigenvalue weighted by atomic mass is 16.5. The molecular weight excluding hydrogens is 192 g/mol. The zero-order valence-corrected chi connectivity index (χ0v) is 9.53. The minimum absolute atomic E-state index is 0.684. The highest BCUT2D eigenvalue weighted by molar-refractivity contribution is 5.42. The lowest BCUT2D eigenvalue weighted by molar-refractivity contribution is 0.206. The van der Waals surface area contributed by atoms with Crippen LogP contribution >= 0.6 is 0 Å². The zero-order valence-electron chi connectivity index (χ0n) is 9.53. The lowest BCUT2D eigenvalue weighted by Gasteiger charge is -2.17. The minimum Gasteiger partial charge on any atom is -0.383 e. The standard InChI is InChI=1S/C10H18N4O/c1-4-12-9-7-11-8-10(13-9)14(2)5-6-15-3/h7-8H,4-6H2,1-3H3,(H,12,13). The van der Waals surface area contributed by atoms with E-state index >= 15 is 0 Å². The topological polar surface area (TPSA) is 50.3 Å². The maximum atomic E-state index is 5.01. The largest absolute Gasteiger partial charge is 0.383 e. The summed E-state index contributed by atoms with van der Waals surface area (Å²) in [6.45, 7) is 4.37. The number of nitrogens with one attached hydrogen (secondary N) is 1. The molecule has 0 saturated heterocycles. The Labute approximate surface area is 90.5 Å². The Morgan fingerprint density at radius 2 is 2.27 bits per heavy atom. The number of likely N-dealkylation sites (N-methyl/N-ethyl adjacent to an activating group) is 1. The first kappa shape index (κ1) is 11.7. The fourth-order valence-electron chi connectivity index (χ4n) is 1.15. The number of ether oxygens (including phenoxy) is 1. The molecule has 0 bridgehead atoms. The van der Waals surface area contributed by atoms with Gasteiger partial charge in [0.15, 0.2) is 0 Å². The van der Waals surface area contributed by atoms with Gasteiger partial charge in [-0.1, -0.05) is 0 Å². The Morgan fingerprint density at radius 1 is 1.47 bits per heavy atom. The molecule has 0 aliphatic rings. The molecule has 0 saturated carbocycles. The molecule has 1 aromatic rings.